The Morgan fingerprint density at radius 2 is 2.04 bits per heavy atom. The van der Waals surface area contributed by atoms with Crippen LogP contribution in [0.5, 0.6) is 0 Å². The molecule has 1 aromatic heterocycles. The molecule has 1 amide bonds. The van der Waals surface area contributed by atoms with Crippen LogP contribution in [0.1, 0.15) is 19.8 Å². The molecule has 0 aliphatic carbocycles. The van der Waals surface area contributed by atoms with Crippen molar-refractivity contribution in [2.24, 2.45) is 11.8 Å². The van der Waals surface area contributed by atoms with E-state index in [1.165, 1.54) is 16.7 Å². The predicted octanol–water partition coefficient (Wildman–Crippen LogP) is 4.45. The van der Waals surface area contributed by atoms with Crippen LogP contribution in [0.3, 0.4) is 0 Å². The third kappa shape index (κ3) is 2.89. The highest BCUT2D eigenvalue weighted by Crippen LogP contribution is 2.32. The van der Waals surface area contributed by atoms with E-state index in [0.717, 1.165) is 41.7 Å². The number of benzene rings is 2. The van der Waals surface area contributed by atoms with Crippen LogP contribution < -0.4 is 5.32 Å². The number of nitrogens with zero attached hydrogens (tertiary/aromatic N) is 1. The summed E-state index contributed by atoms with van der Waals surface area (Å²) < 4.78 is 6.49. The van der Waals surface area contributed by atoms with Gasteiger partial charge < -0.3 is 10.1 Å². The van der Waals surface area contributed by atoms with Crippen molar-refractivity contribution < 1.29 is 9.53 Å². The zero-order valence-corrected chi connectivity index (χ0v) is 14.4. The molecule has 24 heavy (non-hydrogen) atoms. The first kappa shape index (κ1) is 15.5. The van der Waals surface area contributed by atoms with Crippen molar-refractivity contribution in [3.63, 3.8) is 0 Å². The van der Waals surface area contributed by atoms with Gasteiger partial charge in [-0.05, 0) is 30.2 Å². The topological polar surface area (TPSA) is 51.2 Å². The van der Waals surface area contributed by atoms with Crippen LogP contribution in [0.25, 0.3) is 21.0 Å². The number of fused-ring (bicyclic) bond motifs is 3. The highest BCUT2D eigenvalue weighted by Gasteiger charge is 2.26. The van der Waals surface area contributed by atoms with E-state index in [4.69, 9.17) is 4.74 Å². The van der Waals surface area contributed by atoms with Gasteiger partial charge in [-0.3, -0.25) is 4.79 Å². The number of rotatable bonds is 3. The fraction of sp³-hybridized carbons (Fsp3) is 0.368. The Labute approximate surface area is 144 Å². The van der Waals surface area contributed by atoms with Crippen molar-refractivity contribution >= 4 is 43.4 Å². The van der Waals surface area contributed by atoms with Gasteiger partial charge in [0.1, 0.15) is 0 Å². The number of anilines is 1. The normalized spacial score (nSPS) is 17.2. The van der Waals surface area contributed by atoms with E-state index >= 15 is 0 Å². The highest BCUT2D eigenvalue weighted by molar-refractivity contribution is 7.22. The molecule has 0 bridgehead atoms. The summed E-state index contributed by atoms with van der Waals surface area (Å²) in [4.78, 5) is 17.2. The number of aromatic nitrogens is 1. The molecule has 124 valence electrons. The van der Waals surface area contributed by atoms with Gasteiger partial charge in [0, 0.05) is 24.5 Å². The summed E-state index contributed by atoms with van der Waals surface area (Å²) in [7, 11) is 0. The third-order valence-electron chi connectivity index (χ3n) is 4.90. The maximum Gasteiger partial charge on any atom is 0.229 e. The van der Waals surface area contributed by atoms with Gasteiger partial charge in [0.2, 0.25) is 5.91 Å². The second-order valence-electron chi connectivity index (χ2n) is 6.38. The summed E-state index contributed by atoms with van der Waals surface area (Å²) in [6.07, 6.45) is 1.91. The van der Waals surface area contributed by atoms with Gasteiger partial charge in [-0.25, -0.2) is 4.98 Å². The van der Waals surface area contributed by atoms with E-state index in [1.807, 2.05) is 19.1 Å². The lowest BCUT2D eigenvalue weighted by Crippen LogP contribution is -2.30. The van der Waals surface area contributed by atoms with E-state index in [9.17, 15) is 4.79 Å². The minimum Gasteiger partial charge on any atom is -0.381 e. The van der Waals surface area contributed by atoms with Crippen molar-refractivity contribution in [3.05, 3.63) is 36.4 Å². The van der Waals surface area contributed by atoms with Gasteiger partial charge >= 0.3 is 0 Å². The molecule has 4 nitrogen and oxygen atoms in total. The average Bonchev–Trinajstić information content (AvgIpc) is 3.04. The first-order valence-corrected chi connectivity index (χ1v) is 9.21. The van der Waals surface area contributed by atoms with E-state index in [1.54, 1.807) is 0 Å². The van der Waals surface area contributed by atoms with Crippen LogP contribution in [0.4, 0.5) is 5.13 Å². The Morgan fingerprint density at radius 3 is 2.88 bits per heavy atom. The van der Waals surface area contributed by atoms with Gasteiger partial charge in [0.15, 0.2) is 5.13 Å². The Balaban J connectivity index is 1.58. The Bertz CT molecular complexity index is 883. The van der Waals surface area contributed by atoms with Crippen LogP contribution in [0.15, 0.2) is 36.4 Å². The van der Waals surface area contributed by atoms with Crippen molar-refractivity contribution in [3.8, 4) is 0 Å². The second kappa shape index (κ2) is 6.49. The predicted molar refractivity (Wildman–Crippen MR) is 98.5 cm³/mol. The molecule has 1 N–H and O–H groups in total. The van der Waals surface area contributed by atoms with Crippen molar-refractivity contribution in [2.45, 2.75) is 19.8 Å². The fourth-order valence-corrected chi connectivity index (χ4v) is 4.25. The van der Waals surface area contributed by atoms with E-state index < -0.39 is 0 Å². The van der Waals surface area contributed by atoms with Gasteiger partial charge in [-0.2, -0.15) is 0 Å². The SMILES string of the molecule is CC(C(=O)Nc1nc2c(ccc3ccccc32)s1)C1CCOCC1. The van der Waals surface area contributed by atoms with Gasteiger partial charge in [-0.15, -0.1) is 0 Å². The zero-order valence-electron chi connectivity index (χ0n) is 13.6. The van der Waals surface area contributed by atoms with Crippen molar-refractivity contribution in [1.82, 2.24) is 4.98 Å². The monoisotopic (exact) mass is 340 g/mol. The summed E-state index contributed by atoms with van der Waals surface area (Å²) in [5.74, 6) is 0.442. The molecule has 0 saturated carbocycles. The second-order valence-corrected chi connectivity index (χ2v) is 7.41. The molecule has 0 spiro atoms. The van der Waals surface area contributed by atoms with Crippen LogP contribution in [0, 0.1) is 11.8 Å². The minimum atomic E-state index is -0.0161. The lowest BCUT2D eigenvalue weighted by atomic mass is 9.87. The number of nitrogens with one attached hydrogen (secondary N) is 1. The zero-order chi connectivity index (χ0) is 16.5. The van der Waals surface area contributed by atoms with Crippen molar-refractivity contribution in [2.75, 3.05) is 18.5 Å². The van der Waals surface area contributed by atoms with Crippen LogP contribution in [0.2, 0.25) is 0 Å². The lowest BCUT2D eigenvalue weighted by Gasteiger charge is -2.26. The van der Waals surface area contributed by atoms with Crippen molar-refractivity contribution in [1.29, 1.82) is 0 Å². The molecule has 5 heteroatoms. The fourth-order valence-electron chi connectivity index (χ4n) is 3.36. The average molecular weight is 340 g/mol. The number of amides is 1. The molecule has 0 radical (unpaired) electrons. The molecule has 1 fully saturated rings. The number of thiazole rings is 1. The lowest BCUT2D eigenvalue weighted by molar-refractivity contribution is -0.122. The summed E-state index contributed by atoms with van der Waals surface area (Å²) >= 11 is 1.54. The van der Waals surface area contributed by atoms with Gasteiger partial charge in [-0.1, -0.05) is 48.6 Å². The summed E-state index contributed by atoms with van der Waals surface area (Å²) in [5, 5.41) is 6.01. The molecular weight excluding hydrogens is 320 g/mol. The number of ether oxygens (including phenoxy) is 1. The molecule has 1 unspecified atom stereocenters. The summed E-state index contributed by atoms with van der Waals surface area (Å²) in [5.41, 5.74) is 0.965. The van der Waals surface area contributed by atoms with Crippen LogP contribution in [-0.2, 0) is 9.53 Å². The molecule has 3 aromatic rings. The van der Waals surface area contributed by atoms with E-state index in [2.05, 4.69) is 34.6 Å². The molecule has 1 saturated heterocycles. The van der Waals surface area contributed by atoms with E-state index in [0.29, 0.717) is 11.0 Å². The molecule has 2 heterocycles. The first-order valence-electron chi connectivity index (χ1n) is 8.39. The maximum atomic E-state index is 12.6. The Morgan fingerprint density at radius 1 is 1.25 bits per heavy atom. The molecule has 1 aliphatic rings. The number of carbonyl (C=O) groups excluding carboxylic acids is 1. The maximum absolute atomic E-state index is 12.6. The van der Waals surface area contributed by atoms with Gasteiger partial charge in [0.25, 0.3) is 0 Å². The Hall–Kier alpha value is -1.98. The number of carbonyl (C=O) groups is 1. The standard InChI is InChI=1S/C19H20N2O2S/c1-12(13-8-10-23-11-9-13)18(22)21-19-20-17-15-5-3-2-4-14(15)6-7-16(17)24-19/h2-7,12-13H,8-11H2,1H3,(H,20,21,22). The quantitative estimate of drug-likeness (QED) is 0.766. The van der Waals surface area contributed by atoms with Crippen LogP contribution >= 0.6 is 11.3 Å². The molecule has 1 aliphatic heterocycles. The van der Waals surface area contributed by atoms with E-state index in [-0.39, 0.29) is 11.8 Å². The number of hydrogen-bond donors (Lipinski definition) is 1. The largest absolute Gasteiger partial charge is 0.381 e. The molecular formula is C19H20N2O2S. The summed E-state index contributed by atoms with van der Waals surface area (Å²) in [6, 6.07) is 12.4. The van der Waals surface area contributed by atoms with Crippen LogP contribution in [-0.4, -0.2) is 24.1 Å². The first-order chi connectivity index (χ1) is 11.7. The minimum absolute atomic E-state index is 0.0161. The number of hydrogen-bond acceptors (Lipinski definition) is 4. The smallest absolute Gasteiger partial charge is 0.229 e. The summed E-state index contributed by atoms with van der Waals surface area (Å²) in [6.45, 7) is 3.53. The van der Waals surface area contributed by atoms with Gasteiger partial charge in [0.05, 0.1) is 10.2 Å². The molecule has 4 rings (SSSR count). The molecule has 2 aromatic carbocycles. The highest BCUT2D eigenvalue weighted by atomic mass is 32.1. The third-order valence-corrected chi connectivity index (χ3v) is 5.84. The Kier molecular flexibility index (Phi) is 4.21. The molecule has 1 atom stereocenters.